The Kier molecular flexibility index (Phi) is 8.99. The molecule has 1 amide bonds. The third-order valence-electron chi connectivity index (χ3n) is 5.20. The van der Waals surface area contributed by atoms with Crippen molar-refractivity contribution in [1.29, 1.82) is 0 Å². The molecule has 0 bridgehead atoms. The summed E-state index contributed by atoms with van der Waals surface area (Å²) in [6.45, 7) is 2.02. The highest BCUT2D eigenvalue weighted by atomic mass is 16.7. The minimum atomic E-state index is -1.13. The number of hydrogen-bond donors (Lipinski definition) is 3. The van der Waals surface area contributed by atoms with Gasteiger partial charge in [-0.3, -0.25) is 4.79 Å². The van der Waals surface area contributed by atoms with Crippen LogP contribution in [0.3, 0.4) is 0 Å². The summed E-state index contributed by atoms with van der Waals surface area (Å²) < 4.78 is 17.9. The van der Waals surface area contributed by atoms with Gasteiger partial charge in [0.15, 0.2) is 6.29 Å². The van der Waals surface area contributed by atoms with Gasteiger partial charge in [-0.05, 0) is 17.5 Å². The standard InChI is InChI=1S/C24H31NO6/c1-2-9-20(27)25-21-23(29-15-17-10-5-3-6-11-17)22(28)19(14-26)31-24(21)30-16-18-12-7-4-8-13-18/h3-8,10-13,19,21-24,26,28H,2,9,14-16H2,1H3,(H,25,27)/t19-,21-,22-,23-,24?/m1/s1. The molecule has 1 fully saturated rings. The van der Waals surface area contributed by atoms with Gasteiger partial charge in [-0.15, -0.1) is 0 Å². The first-order valence-corrected chi connectivity index (χ1v) is 10.7. The first-order valence-electron chi connectivity index (χ1n) is 10.7. The second-order valence-electron chi connectivity index (χ2n) is 7.62. The Labute approximate surface area is 183 Å². The molecule has 0 aromatic heterocycles. The first kappa shape index (κ1) is 23.4. The van der Waals surface area contributed by atoms with Crippen LogP contribution < -0.4 is 5.32 Å². The smallest absolute Gasteiger partial charge is 0.220 e. The summed E-state index contributed by atoms with van der Waals surface area (Å²) in [6.07, 6.45) is -2.69. The van der Waals surface area contributed by atoms with Crippen LogP contribution in [0, 0.1) is 0 Å². The number of rotatable bonds is 10. The second kappa shape index (κ2) is 11.9. The van der Waals surface area contributed by atoms with Crippen molar-refractivity contribution in [3.8, 4) is 0 Å². The normalized spacial score (nSPS) is 25.8. The van der Waals surface area contributed by atoms with Crippen LogP contribution in [0.1, 0.15) is 30.9 Å². The number of carbonyl (C=O) groups excluding carboxylic acids is 1. The van der Waals surface area contributed by atoms with E-state index in [0.29, 0.717) is 12.8 Å². The van der Waals surface area contributed by atoms with Crippen LogP contribution >= 0.6 is 0 Å². The van der Waals surface area contributed by atoms with Gasteiger partial charge in [0.2, 0.25) is 5.91 Å². The molecule has 2 aromatic carbocycles. The molecule has 3 N–H and O–H groups in total. The van der Waals surface area contributed by atoms with Gasteiger partial charge < -0.3 is 29.7 Å². The van der Waals surface area contributed by atoms with E-state index >= 15 is 0 Å². The molecule has 31 heavy (non-hydrogen) atoms. The summed E-state index contributed by atoms with van der Waals surface area (Å²) in [4.78, 5) is 12.4. The highest BCUT2D eigenvalue weighted by Crippen LogP contribution is 2.26. The molecule has 0 saturated carbocycles. The van der Waals surface area contributed by atoms with E-state index < -0.39 is 37.3 Å². The minimum absolute atomic E-state index is 0.174. The maximum absolute atomic E-state index is 12.4. The Morgan fingerprint density at radius 3 is 2.13 bits per heavy atom. The number of hydrogen-bond acceptors (Lipinski definition) is 6. The van der Waals surface area contributed by atoms with Crippen molar-refractivity contribution in [3.05, 3.63) is 71.8 Å². The van der Waals surface area contributed by atoms with Gasteiger partial charge in [0.05, 0.1) is 19.8 Å². The van der Waals surface area contributed by atoms with Gasteiger partial charge in [-0.2, -0.15) is 0 Å². The highest BCUT2D eigenvalue weighted by molar-refractivity contribution is 5.76. The molecule has 168 valence electrons. The Morgan fingerprint density at radius 1 is 1.00 bits per heavy atom. The predicted octanol–water partition coefficient (Wildman–Crippen LogP) is 2.15. The van der Waals surface area contributed by atoms with Crippen molar-refractivity contribution in [2.45, 2.75) is 63.6 Å². The van der Waals surface area contributed by atoms with Crippen LogP contribution in [0.15, 0.2) is 60.7 Å². The molecular weight excluding hydrogens is 398 g/mol. The molecule has 0 radical (unpaired) electrons. The van der Waals surface area contributed by atoms with E-state index in [-0.39, 0.29) is 19.1 Å². The van der Waals surface area contributed by atoms with E-state index in [0.717, 1.165) is 11.1 Å². The summed E-state index contributed by atoms with van der Waals surface area (Å²) in [5, 5.41) is 23.5. The molecular formula is C24H31NO6. The van der Waals surface area contributed by atoms with Gasteiger partial charge in [-0.25, -0.2) is 0 Å². The fourth-order valence-corrected chi connectivity index (χ4v) is 3.57. The highest BCUT2D eigenvalue weighted by Gasteiger charge is 2.47. The second-order valence-corrected chi connectivity index (χ2v) is 7.62. The van der Waals surface area contributed by atoms with Crippen molar-refractivity contribution < 1.29 is 29.2 Å². The summed E-state index contributed by atoms with van der Waals surface area (Å²) in [5.74, 6) is -0.174. The zero-order valence-electron chi connectivity index (χ0n) is 17.7. The fraction of sp³-hybridized carbons (Fsp3) is 0.458. The first-order chi connectivity index (χ1) is 15.1. The lowest BCUT2D eigenvalue weighted by atomic mass is 9.96. The number of ether oxygens (including phenoxy) is 3. The number of nitrogens with one attached hydrogen (secondary N) is 1. The van der Waals surface area contributed by atoms with Crippen molar-refractivity contribution in [3.63, 3.8) is 0 Å². The van der Waals surface area contributed by atoms with Crippen molar-refractivity contribution in [2.24, 2.45) is 0 Å². The quantitative estimate of drug-likeness (QED) is 0.536. The number of aliphatic hydroxyl groups excluding tert-OH is 2. The van der Waals surface area contributed by atoms with E-state index in [2.05, 4.69) is 5.32 Å². The van der Waals surface area contributed by atoms with Crippen molar-refractivity contribution in [2.75, 3.05) is 6.61 Å². The maximum Gasteiger partial charge on any atom is 0.220 e. The SMILES string of the molecule is CCCC(=O)N[C@H]1C(OCc2ccccc2)O[C@H](CO)[C@@H](O)[C@@H]1OCc1ccccc1. The van der Waals surface area contributed by atoms with Gasteiger partial charge >= 0.3 is 0 Å². The molecule has 7 nitrogen and oxygen atoms in total. The summed E-state index contributed by atoms with van der Waals surface area (Å²) >= 11 is 0. The average molecular weight is 430 g/mol. The molecule has 5 atom stereocenters. The van der Waals surface area contributed by atoms with Gasteiger partial charge in [0, 0.05) is 6.42 Å². The lowest BCUT2D eigenvalue weighted by molar-refractivity contribution is -0.281. The lowest BCUT2D eigenvalue weighted by Gasteiger charge is -2.44. The average Bonchev–Trinajstić information content (AvgIpc) is 2.80. The monoisotopic (exact) mass is 429 g/mol. The number of carbonyl (C=O) groups is 1. The molecule has 1 saturated heterocycles. The molecule has 2 aromatic rings. The maximum atomic E-state index is 12.4. The van der Waals surface area contributed by atoms with E-state index in [9.17, 15) is 15.0 Å². The van der Waals surface area contributed by atoms with Gasteiger partial charge in [0.25, 0.3) is 0 Å². The Hall–Kier alpha value is -2.29. The van der Waals surface area contributed by atoms with Crippen molar-refractivity contribution in [1.82, 2.24) is 5.32 Å². The van der Waals surface area contributed by atoms with Crippen LogP contribution in [0.4, 0.5) is 0 Å². The summed E-state index contributed by atoms with van der Waals surface area (Å²) in [5.41, 5.74) is 1.88. The van der Waals surface area contributed by atoms with Gasteiger partial charge in [-0.1, -0.05) is 67.6 Å². The minimum Gasteiger partial charge on any atom is -0.394 e. The Bertz CT molecular complexity index is 787. The third-order valence-corrected chi connectivity index (χ3v) is 5.20. The van der Waals surface area contributed by atoms with Crippen LogP contribution in [-0.2, 0) is 32.2 Å². The lowest BCUT2D eigenvalue weighted by Crippen LogP contribution is -2.65. The molecule has 1 aliphatic rings. The Morgan fingerprint density at radius 2 is 1.58 bits per heavy atom. The summed E-state index contributed by atoms with van der Waals surface area (Å²) in [7, 11) is 0. The third kappa shape index (κ3) is 6.59. The van der Waals surface area contributed by atoms with E-state index in [1.165, 1.54) is 0 Å². The van der Waals surface area contributed by atoms with Gasteiger partial charge in [0.1, 0.15) is 24.4 Å². The van der Waals surface area contributed by atoms with Crippen LogP contribution in [0.25, 0.3) is 0 Å². The molecule has 1 unspecified atom stereocenters. The molecule has 0 aliphatic carbocycles. The van der Waals surface area contributed by atoms with Crippen LogP contribution in [-0.4, -0.2) is 53.4 Å². The van der Waals surface area contributed by atoms with Crippen LogP contribution in [0.5, 0.6) is 0 Å². The Balaban J connectivity index is 1.78. The number of benzene rings is 2. The molecule has 1 aliphatic heterocycles. The topological polar surface area (TPSA) is 97.3 Å². The van der Waals surface area contributed by atoms with Crippen molar-refractivity contribution >= 4 is 5.91 Å². The van der Waals surface area contributed by atoms with E-state index in [1.807, 2.05) is 67.6 Å². The molecule has 7 heteroatoms. The molecule has 0 spiro atoms. The number of aliphatic hydroxyl groups is 2. The van der Waals surface area contributed by atoms with E-state index in [4.69, 9.17) is 14.2 Å². The molecule has 3 rings (SSSR count). The zero-order valence-corrected chi connectivity index (χ0v) is 17.7. The van der Waals surface area contributed by atoms with Crippen LogP contribution in [0.2, 0.25) is 0 Å². The largest absolute Gasteiger partial charge is 0.394 e. The predicted molar refractivity (Wildman–Crippen MR) is 115 cm³/mol. The fourth-order valence-electron chi connectivity index (χ4n) is 3.57. The summed E-state index contributed by atoms with van der Waals surface area (Å²) in [6, 6.07) is 18.4. The molecule has 1 heterocycles. The number of amides is 1. The zero-order chi connectivity index (χ0) is 22.1. The van der Waals surface area contributed by atoms with E-state index in [1.54, 1.807) is 0 Å².